The number of ether oxygens (including phenoxy) is 1. The summed E-state index contributed by atoms with van der Waals surface area (Å²) in [4.78, 5) is 15.7. The number of aromatic nitrogens is 1. The zero-order chi connectivity index (χ0) is 14.9. The van der Waals surface area contributed by atoms with Gasteiger partial charge in [-0.15, -0.1) is 0 Å². The number of nitrogens with one attached hydrogen (secondary N) is 1. The van der Waals surface area contributed by atoms with Crippen LogP contribution in [-0.2, 0) is 11.2 Å². The quantitative estimate of drug-likeness (QED) is 0.828. The van der Waals surface area contributed by atoms with Gasteiger partial charge in [0.25, 0.3) is 0 Å². The van der Waals surface area contributed by atoms with Gasteiger partial charge in [0.2, 0.25) is 5.91 Å². The number of carbonyl (C=O) groups is 1. The third-order valence-electron chi connectivity index (χ3n) is 2.98. The average molecular weight is 282 g/mol. The Labute approximate surface area is 124 Å². The standard InChI is InChI=1S/C17H18N2O2/c1-21-16-7-4-14(5-8-16)10-12-19-17(20)9-6-15-3-2-11-18-13-15/h2-9,11,13H,10,12H2,1H3,(H,19,20)/b9-6+. The number of carbonyl (C=O) groups excluding carboxylic acids is 1. The maximum atomic E-state index is 11.7. The summed E-state index contributed by atoms with van der Waals surface area (Å²) >= 11 is 0. The number of hydrogen-bond acceptors (Lipinski definition) is 3. The Bertz CT molecular complexity index is 592. The van der Waals surface area contributed by atoms with Crippen molar-refractivity contribution >= 4 is 12.0 Å². The highest BCUT2D eigenvalue weighted by molar-refractivity contribution is 5.91. The Morgan fingerprint density at radius 1 is 1.29 bits per heavy atom. The Kier molecular flexibility index (Phi) is 5.52. The van der Waals surface area contributed by atoms with Crippen LogP contribution in [-0.4, -0.2) is 24.5 Å². The van der Waals surface area contributed by atoms with Crippen molar-refractivity contribution in [3.8, 4) is 5.75 Å². The molecule has 0 unspecified atom stereocenters. The highest BCUT2D eigenvalue weighted by Crippen LogP contribution is 2.11. The number of benzene rings is 1. The van der Waals surface area contributed by atoms with Gasteiger partial charge in [0.15, 0.2) is 0 Å². The lowest BCUT2D eigenvalue weighted by Crippen LogP contribution is -2.23. The van der Waals surface area contributed by atoms with E-state index in [1.165, 1.54) is 6.08 Å². The second-order valence-electron chi connectivity index (χ2n) is 4.51. The summed E-state index contributed by atoms with van der Waals surface area (Å²) in [5.74, 6) is 0.731. The van der Waals surface area contributed by atoms with E-state index in [1.54, 1.807) is 25.6 Å². The van der Waals surface area contributed by atoms with E-state index in [4.69, 9.17) is 4.74 Å². The normalized spacial score (nSPS) is 10.5. The van der Waals surface area contributed by atoms with E-state index in [2.05, 4.69) is 10.3 Å². The van der Waals surface area contributed by atoms with Crippen LogP contribution in [0.2, 0.25) is 0 Å². The van der Waals surface area contributed by atoms with E-state index in [-0.39, 0.29) is 5.91 Å². The molecule has 0 aliphatic heterocycles. The van der Waals surface area contributed by atoms with Gasteiger partial charge in [0, 0.05) is 25.0 Å². The molecule has 4 nitrogen and oxygen atoms in total. The molecule has 21 heavy (non-hydrogen) atoms. The van der Waals surface area contributed by atoms with Crippen LogP contribution in [0.1, 0.15) is 11.1 Å². The van der Waals surface area contributed by atoms with E-state index >= 15 is 0 Å². The largest absolute Gasteiger partial charge is 0.497 e. The number of pyridine rings is 1. The molecule has 2 rings (SSSR count). The Morgan fingerprint density at radius 2 is 2.10 bits per heavy atom. The first-order valence-electron chi connectivity index (χ1n) is 6.77. The molecule has 1 amide bonds. The van der Waals surface area contributed by atoms with Gasteiger partial charge >= 0.3 is 0 Å². The fraction of sp³-hybridized carbons (Fsp3) is 0.176. The van der Waals surface area contributed by atoms with Gasteiger partial charge in [-0.05, 0) is 41.8 Å². The third-order valence-corrected chi connectivity index (χ3v) is 2.98. The van der Waals surface area contributed by atoms with Crippen LogP contribution in [0.15, 0.2) is 54.9 Å². The topological polar surface area (TPSA) is 51.2 Å². The molecule has 0 fully saturated rings. The van der Waals surface area contributed by atoms with Crippen molar-refractivity contribution in [2.75, 3.05) is 13.7 Å². The number of hydrogen-bond donors (Lipinski definition) is 1. The minimum atomic E-state index is -0.104. The van der Waals surface area contributed by atoms with Gasteiger partial charge in [-0.3, -0.25) is 9.78 Å². The van der Waals surface area contributed by atoms with E-state index < -0.39 is 0 Å². The summed E-state index contributed by atoms with van der Waals surface area (Å²) < 4.78 is 5.10. The van der Waals surface area contributed by atoms with Gasteiger partial charge in [0.1, 0.15) is 5.75 Å². The average Bonchev–Trinajstić information content (AvgIpc) is 2.54. The molecular weight excluding hydrogens is 264 g/mol. The van der Waals surface area contributed by atoms with Crippen molar-refractivity contribution in [2.24, 2.45) is 0 Å². The smallest absolute Gasteiger partial charge is 0.244 e. The molecular formula is C17H18N2O2. The summed E-state index contributed by atoms with van der Waals surface area (Å²) in [5.41, 5.74) is 2.06. The molecule has 1 aromatic heterocycles. The van der Waals surface area contributed by atoms with Gasteiger partial charge in [-0.2, -0.15) is 0 Å². The molecule has 2 aromatic rings. The van der Waals surface area contributed by atoms with Crippen LogP contribution in [0.5, 0.6) is 5.75 Å². The first kappa shape index (κ1) is 14.8. The SMILES string of the molecule is COc1ccc(CCNC(=O)/C=C/c2cccnc2)cc1. The highest BCUT2D eigenvalue weighted by Gasteiger charge is 1.97. The lowest BCUT2D eigenvalue weighted by Gasteiger charge is -2.04. The van der Waals surface area contributed by atoms with E-state index in [1.807, 2.05) is 36.4 Å². The molecule has 1 aromatic carbocycles. The molecule has 1 N–H and O–H groups in total. The van der Waals surface area contributed by atoms with Gasteiger partial charge in [-0.25, -0.2) is 0 Å². The number of methoxy groups -OCH3 is 1. The first-order valence-corrected chi connectivity index (χ1v) is 6.77. The maximum Gasteiger partial charge on any atom is 0.244 e. The lowest BCUT2D eigenvalue weighted by molar-refractivity contribution is -0.116. The van der Waals surface area contributed by atoms with Gasteiger partial charge < -0.3 is 10.1 Å². The number of rotatable bonds is 6. The second kappa shape index (κ2) is 7.85. The molecule has 0 aliphatic rings. The zero-order valence-corrected chi connectivity index (χ0v) is 12.0. The molecule has 0 saturated carbocycles. The Hall–Kier alpha value is -2.62. The number of nitrogens with zero attached hydrogens (tertiary/aromatic N) is 1. The van der Waals surface area contributed by atoms with Crippen LogP contribution >= 0.6 is 0 Å². The fourth-order valence-corrected chi connectivity index (χ4v) is 1.83. The molecule has 108 valence electrons. The summed E-state index contributed by atoms with van der Waals surface area (Å²) in [7, 11) is 1.64. The Balaban J connectivity index is 1.75. The molecule has 0 saturated heterocycles. The number of amides is 1. The predicted octanol–water partition coefficient (Wildman–Crippen LogP) is 2.46. The first-order chi connectivity index (χ1) is 10.3. The van der Waals surface area contributed by atoms with Crippen LogP contribution in [0.3, 0.4) is 0 Å². The van der Waals surface area contributed by atoms with Crippen molar-refractivity contribution in [3.63, 3.8) is 0 Å². The summed E-state index contributed by atoms with van der Waals surface area (Å²) in [6.07, 6.45) is 7.46. The van der Waals surface area contributed by atoms with Crippen LogP contribution in [0.4, 0.5) is 0 Å². The molecule has 0 atom stereocenters. The minimum absolute atomic E-state index is 0.104. The van der Waals surface area contributed by atoms with Crippen molar-refractivity contribution in [1.82, 2.24) is 10.3 Å². The summed E-state index contributed by atoms with van der Waals surface area (Å²) in [5, 5.41) is 2.85. The van der Waals surface area contributed by atoms with Crippen molar-refractivity contribution in [2.45, 2.75) is 6.42 Å². The van der Waals surface area contributed by atoms with E-state index in [0.29, 0.717) is 6.54 Å². The maximum absolute atomic E-state index is 11.7. The summed E-state index contributed by atoms with van der Waals surface area (Å²) in [6.45, 7) is 0.600. The van der Waals surface area contributed by atoms with Gasteiger partial charge in [-0.1, -0.05) is 18.2 Å². The third kappa shape index (κ3) is 5.10. The predicted molar refractivity (Wildman–Crippen MR) is 83.0 cm³/mol. The molecule has 0 bridgehead atoms. The second-order valence-corrected chi connectivity index (χ2v) is 4.51. The van der Waals surface area contributed by atoms with Crippen molar-refractivity contribution in [3.05, 3.63) is 66.0 Å². The zero-order valence-electron chi connectivity index (χ0n) is 12.0. The lowest BCUT2D eigenvalue weighted by atomic mass is 10.1. The van der Waals surface area contributed by atoms with Crippen molar-refractivity contribution in [1.29, 1.82) is 0 Å². The summed E-state index contributed by atoms with van der Waals surface area (Å²) in [6, 6.07) is 11.6. The van der Waals surface area contributed by atoms with E-state index in [9.17, 15) is 4.79 Å². The molecule has 0 aliphatic carbocycles. The Morgan fingerprint density at radius 3 is 2.76 bits per heavy atom. The van der Waals surface area contributed by atoms with Crippen LogP contribution in [0.25, 0.3) is 6.08 Å². The van der Waals surface area contributed by atoms with Gasteiger partial charge in [0.05, 0.1) is 7.11 Å². The van der Waals surface area contributed by atoms with Crippen LogP contribution < -0.4 is 10.1 Å². The molecule has 1 heterocycles. The van der Waals surface area contributed by atoms with Crippen LogP contribution in [0, 0.1) is 0 Å². The minimum Gasteiger partial charge on any atom is -0.497 e. The molecule has 0 radical (unpaired) electrons. The molecule has 0 spiro atoms. The van der Waals surface area contributed by atoms with Crippen molar-refractivity contribution < 1.29 is 9.53 Å². The highest BCUT2D eigenvalue weighted by atomic mass is 16.5. The monoisotopic (exact) mass is 282 g/mol. The molecule has 4 heteroatoms. The van der Waals surface area contributed by atoms with E-state index in [0.717, 1.165) is 23.3 Å². The fourth-order valence-electron chi connectivity index (χ4n) is 1.83.